The summed E-state index contributed by atoms with van der Waals surface area (Å²) in [6.07, 6.45) is 3.71. The fraction of sp³-hybridized carbons (Fsp3) is 0.333. The number of likely N-dealkylation sites (tertiary alicyclic amines) is 1. The van der Waals surface area contributed by atoms with E-state index in [-0.39, 0.29) is 30.3 Å². The first-order chi connectivity index (χ1) is 19.8. The Hall–Kier alpha value is -4.25. The number of hydrogen-bond acceptors (Lipinski definition) is 8. The number of amides is 1. The summed E-state index contributed by atoms with van der Waals surface area (Å²) in [6.45, 7) is 4.96. The van der Waals surface area contributed by atoms with Gasteiger partial charge in [0.2, 0.25) is 0 Å². The second kappa shape index (κ2) is 12.1. The summed E-state index contributed by atoms with van der Waals surface area (Å²) in [5, 5.41) is 0. The van der Waals surface area contributed by atoms with Gasteiger partial charge < -0.3 is 19.1 Å². The van der Waals surface area contributed by atoms with Gasteiger partial charge in [0.15, 0.2) is 22.9 Å². The van der Waals surface area contributed by atoms with E-state index in [1.807, 2.05) is 0 Å². The number of nitrogens with zero attached hydrogens (tertiary/aromatic N) is 3. The third-order valence-electron chi connectivity index (χ3n) is 7.00. The van der Waals surface area contributed by atoms with Gasteiger partial charge in [0.05, 0.1) is 35.6 Å². The number of hydrogen-bond donors (Lipinski definition) is 0. The monoisotopic (exact) mass is 579 g/mol. The van der Waals surface area contributed by atoms with Crippen molar-refractivity contribution < 1.29 is 28.2 Å². The molecule has 1 aromatic heterocycles. The number of carbonyl (C=O) groups is 2. The Labute approximate surface area is 239 Å². The van der Waals surface area contributed by atoms with Crippen LogP contribution in [0.15, 0.2) is 63.5 Å². The molecule has 5 rings (SSSR count). The highest BCUT2D eigenvalue weighted by Gasteiger charge is 2.33. The third kappa shape index (κ3) is 5.81. The summed E-state index contributed by atoms with van der Waals surface area (Å²) >= 11 is 1.18. The van der Waals surface area contributed by atoms with Crippen LogP contribution in [0, 0.1) is 5.82 Å². The van der Waals surface area contributed by atoms with Crippen molar-refractivity contribution in [1.29, 1.82) is 0 Å². The molecular formula is C30H30FN3O6S. The largest absolute Gasteiger partial charge is 0.493 e. The molecule has 0 spiro atoms. The number of halogens is 1. The van der Waals surface area contributed by atoms with Crippen LogP contribution >= 0.6 is 11.3 Å². The fourth-order valence-corrected chi connectivity index (χ4v) is 6.04. The van der Waals surface area contributed by atoms with Crippen LogP contribution in [-0.2, 0) is 14.3 Å². The van der Waals surface area contributed by atoms with Gasteiger partial charge in [-0.2, -0.15) is 0 Å². The van der Waals surface area contributed by atoms with E-state index in [1.165, 1.54) is 35.1 Å². The standard InChI is InChI=1S/C30H30FN3O6S/c1-4-39-29(37)26-18(2)32-30-34(27(26)20-8-10-21(31)11-9-20)28(36)24(41-30)16-19-7-12-22(23(15-19)38-3)40-17-25(35)33-13-5-6-14-33/h7-12,15-16,27H,4-6,13-14,17H2,1-3H3/b24-16+/t27-/m0/s1. The van der Waals surface area contributed by atoms with E-state index in [2.05, 4.69) is 4.99 Å². The van der Waals surface area contributed by atoms with Crippen LogP contribution in [0.4, 0.5) is 4.39 Å². The molecule has 1 atom stereocenters. The number of ether oxygens (including phenoxy) is 3. The zero-order valence-electron chi connectivity index (χ0n) is 23.0. The van der Waals surface area contributed by atoms with Gasteiger partial charge in [-0.3, -0.25) is 14.2 Å². The zero-order valence-corrected chi connectivity index (χ0v) is 23.8. The Balaban J connectivity index is 1.51. The predicted octanol–water partition coefficient (Wildman–Crippen LogP) is 2.95. The zero-order chi connectivity index (χ0) is 29.1. The smallest absolute Gasteiger partial charge is 0.338 e. The molecule has 0 bridgehead atoms. The minimum atomic E-state index is -0.827. The van der Waals surface area contributed by atoms with Gasteiger partial charge >= 0.3 is 5.97 Å². The number of thiazole rings is 1. The maximum Gasteiger partial charge on any atom is 0.338 e. The molecule has 11 heteroatoms. The Morgan fingerprint density at radius 2 is 1.85 bits per heavy atom. The average Bonchev–Trinajstić information content (AvgIpc) is 3.60. The van der Waals surface area contributed by atoms with Crippen molar-refractivity contribution >= 4 is 29.3 Å². The first-order valence-electron chi connectivity index (χ1n) is 13.3. The molecule has 214 valence electrons. The first-order valence-corrected chi connectivity index (χ1v) is 14.2. The lowest BCUT2D eigenvalue weighted by atomic mass is 9.96. The van der Waals surface area contributed by atoms with Gasteiger partial charge in [-0.05, 0) is 68.2 Å². The highest BCUT2D eigenvalue weighted by molar-refractivity contribution is 7.07. The number of carbonyl (C=O) groups excluding carboxylic acids is 2. The van der Waals surface area contributed by atoms with Gasteiger partial charge in [-0.15, -0.1) is 0 Å². The van der Waals surface area contributed by atoms with Crippen molar-refractivity contribution in [2.45, 2.75) is 32.7 Å². The molecule has 0 unspecified atom stereocenters. The molecule has 41 heavy (non-hydrogen) atoms. The minimum Gasteiger partial charge on any atom is -0.493 e. The highest BCUT2D eigenvalue weighted by Crippen LogP contribution is 2.31. The quantitative estimate of drug-likeness (QED) is 0.381. The Morgan fingerprint density at radius 3 is 2.54 bits per heavy atom. The molecule has 1 saturated heterocycles. The van der Waals surface area contributed by atoms with Crippen molar-refractivity contribution in [2.24, 2.45) is 4.99 Å². The maximum atomic E-state index is 13.8. The molecular weight excluding hydrogens is 549 g/mol. The maximum absolute atomic E-state index is 13.8. The van der Waals surface area contributed by atoms with Gasteiger partial charge in [-0.25, -0.2) is 14.2 Å². The molecule has 1 amide bonds. The van der Waals surface area contributed by atoms with Crippen molar-refractivity contribution in [1.82, 2.24) is 9.47 Å². The molecule has 0 aliphatic carbocycles. The van der Waals surface area contributed by atoms with Gasteiger partial charge in [0.25, 0.3) is 11.5 Å². The van der Waals surface area contributed by atoms with Crippen molar-refractivity contribution in [3.8, 4) is 11.5 Å². The summed E-state index contributed by atoms with van der Waals surface area (Å²) in [5.74, 6) is -0.236. The van der Waals surface area contributed by atoms with Crippen LogP contribution in [0.5, 0.6) is 11.5 Å². The summed E-state index contributed by atoms with van der Waals surface area (Å²) in [5.41, 5.74) is 1.53. The van der Waals surface area contributed by atoms with Gasteiger partial charge in [0, 0.05) is 13.1 Å². The first kappa shape index (κ1) is 28.3. The Bertz CT molecular complexity index is 1690. The lowest BCUT2D eigenvalue weighted by molar-refractivity contribution is -0.139. The molecule has 9 nitrogen and oxygen atoms in total. The fourth-order valence-electron chi connectivity index (χ4n) is 4.99. The van der Waals surface area contributed by atoms with Gasteiger partial charge in [-0.1, -0.05) is 29.5 Å². The number of benzene rings is 2. The summed E-state index contributed by atoms with van der Waals surface area (Å²) in [6, 6.07) is 10.0. The minimum absolute atomic E-state index is 0.0667. The number of allylic oxidation sites excluding steroid dienone is 1. The van der Waals surface area contributed by atoms with Crippen LogP contribution < -0.4 is 24.4 Å². The van der Waals surface area contributed by atoms with E-state index in [9.17, 15) is 18.8 Å². The normalized spacial score (nSPS) is 16.8. The average molecular weight is 580 g/mol. The van der Waals surface area contributed by atoms with E-state index in [0.29, 0.717) is 37.7 Å². The molecule has 0 radical (unpaired) electrons. The SMILES string of the molecule is CCOC(=O)C1=C(C)N=c2s/c(=C/c3ccc(OCC(=O)N4CCCC4)c(OC)c3)c(=O)n2[C@H]1c1ccc(F)cc1. The van der Waals surface area contributed by atoms with E-state index in [0.717, 1.165) is 25.9 Å². The molecule has 0 N–H and O–H groups in total. The predicted molar refractivity (Wildman–Crippen MR) is 151 cm³/mol. The molecule has 0 saturated carbocycles. The highest BCUT2D eigenvalue weighted by atomic mass is 32.1. The number of methoxy groups -OCH3 is 1. The van der Waals surface area contributed by atoms with Crippen molar-refractivity contribution in [2.75, 3.05) is 33.4 Å². The second-order valence-corrected chi connectivity index (χ2v) is 10.6. The van der Waals surface area contributed by atoms with Crippen molar-refractivity contribution in [3.63, 3.8) is 0 Å². The summed E-state index contributed by atoms with van der Waals surface area (Å²) in [4.78, 5) is 45.9. The second-order valence-electron chi connectivity index (χ2n) is 9.64. The van der Waals surface area contributed by atoms with Crippen LogP contribution in [0.3, 0.4) is 0 Å². The molecule has 1 fully saturated rings. The number of esters is 1. The van der Waals surface area contributed by atoms with Crippen molar-refractivity contribution in [3.05, 3.63) is 90.4 Å². The molecule has 2 aliphatic rings. The summed E-state index contributed by atoms with van der Waals surface area (Å²) in [7, 11) is 1.50. The molecule has 3 aromatic rings. The van der Waals surface area contributed by atoms with E-state index < -0.39 is 17.8 Å². The lowest BCUT2D eigenvalue weighted by Gasteiger charge is -2.24. The number of rotatable bonds is 8. The summed E-state index contributed by atoms with van der Waals surface area (Å²) < 4.78 is 32.1. The Kier molecular flexibility index (Phi) is 8.34. The van der Waals surface area contributed by atoms with E-state index in [1.54, 1.807) is 55.2 Å². The molecule has 3 heterocycles. The third-order valence-corrected chi connectivity index (χ3v) is 7.98. The topological polar surface area (TPSA) is 99.4 Å². The van der Waals surface area contributed by atoms with E-state index >= 15 is 0 Å². The number of fused-ring (bicyclic) bond motifs is 1. The van der Waals surface area contributed by atoms with Crippen LogP contribution in [-0.4, -0.2) is 54.8 Å². The van der Waals surface area contributed by atoms with Crippen LogP contribution in [0.1, 0.15) is 43.9 Å². The Morgan fingerprint density at radius 1 is 1.12 bits per heavy atom. The molecule has 2 aromatic carbocycles. The van der Waals surface area contributed by atoms with Gasteiger partial charge in [0.1, 0.15) is 5.82 Å². The molecule has 2 aliphatic heterocycles. The van der Waals surface area contributed by atoms with Crippen LogP contribution in [0.2, 0.25) is 0 Å². The van der Waals surface area contributed by atoms with Crippen LogP contribution in [0.25, 0.3) is 6.08 Å². The lowest BCUT2D eigenvalue weighted by Crippen LogP contribution is -2.39. The number of aromatic nitrogens is 1. The van der Waals surface area contributed by atoms with E-state index in [4.69, 9.17) is 14.2 Å².